The zero-order valence-corrected chi connectivity index (χ0v) is 12.2. The van der Waals surface area contributed by atoms with Gasteiger partial charge in [-0.3, -0.25) is 4.90 Å². The first-order chi connectivity index (χ1) is 9.19. The third-order valence-electron chi connectivity index (χ3n) is 3.33. The van der Waals surface area contributed by atoms with E-state index in [4.69, 9.17) is 22.1 Å². The lowest BCUT2D eigenvalue weighted by atomic mass is 10.1. The molecule has 0 spiro atoms. The first-order valence-electron chi connectivity index (χ1n) is 6.94. The second-order valence-electron chi connectivity index (χ2n) is 5.03. The highest BCUT2D eigenvalue weighted by molar-refractivity contribution is 6.31. The van der Waals surface area contributed by atoms with Crippen molar-refractivity contribution in [1.29, 1.82) is 0 Å². The van der Waals surface area contributed by atoms with Crippen LogP contribution in [0, 0.1) is 0 Å². The van der Waals surface area contributed by atoms with Gasteiger partial charge in [0.1, 0.15) is 5.82 Å². The number of pyridine rings is 1. The van der Waals surface area contributed by atoms with Crippen molar-refractivity contribution in [3.8, 4) is 0 Å². The average molecular weight is 284 g/mol. The number of nitrogen functional groups attached to an aromatic ring is 1. The molecule has 19 heavy (non-hydrogen) atoms. The summed E-state index contributed by atoms with van der Waals surface area (Å²) in [6.07, 6.45) is 3.72. The summed E-state index contributed by atoms with van der Waals surface area (Å²) in [6.45, 7) is 5.74. The minimum Gasteiger partial charge on any atom is -0.384 e. The van der Waals surface area contributed by atoms with Crippen molar-refractivity contribution < 1.29 is 4.74 Å². The average Bonchev–Trinajstić information content (AvgIpc) is 2.41. The molecule has 0 aromatic carbocycles. The van der Waals surface area contributed by atoms with E-state index in [0.717, 1.165) is 51.2 Å². The summed E-state index contributed by atoms with van der Waals surface area (Å²) in [7, 11) is 0. The van der Waals surface area contributed by atoms with Gasteiger partial charge in [-0.15, -0.1) is 0 Å². The number of likely N-dealkylation sites (tertiary alicyclic amines) is 1. The van der Waals surface area contributed by atoms with Gasteiger partial charge in [0.25, 0.3) is 0 Å². The molecule has 1 fully saturated rings. The van der Waals surface area contributed by atoms with Crippen molar-refractivity contribution in [2.45, 2.75) is 38.8 Å². The van der Waals surface area contributed by atoms with Crippen molar-refractivity contribution >= 4 is 17.4 Å². The molecule has 1 unspecified atom stereocenters. The lowest BCUT2D eigenvalue weighted by molar-refractivity contribution is -0.00250. The quantitative estimate of drug-likeness (QED) is 0.903. The number of nitrogens with zero attached hydrogens (tertiary/aromatic N) is 2. The molecule has 1 aliphatic rings. The van der Waals surface area contributed by atoms with Crippen LogP contribution < -0.4 is 5.73 Å². The molecular weight excluding hydrogens is 262 g/mol. The van der Waals surface area contributed by atoms with Crippen LogP contribution in [0.4, 0.5) is 5.82 Å². The van der Waals surface area contributed by atoms with E-state index in [-0.39, 0.29) is 0 Å². The number of hydrogen-bond acceptors (Lipinski definition) is 4. The van der Waals surface area contributed by atoms with Crippen LogP contribution in [-0.2, 0) is 11.3 Å². The minimum absolute atomic E-state index is 0.341. The predicted molar refractivity (Wildman–Crippen MR) is 78.2 cm³/mol. The molecule has 2 N–H and O–H groups in total. The Hall–Kier alpha value is -0.840. The highest BCUT2D eigenvalue weighted by Gasteiger charge is 2.21. The van der Waals surface area contributed by atoms with Crippen LogP contribution >= 0.6 is 11.6 Å². The number of aromatic nitrogens is 1. The predicted octanol–water partition coefficient (Wildman–Crippen LogP) is 2.71. The molecule has 4 nitrogen and oxygen atoms in total. The van der Waals surface area contributed by atoms with Gasteiger partial charge in [0.15, 0.2) is 0 Å². The molecule has 1 aromatic heterocycles. The molecule has 1 saturated heterocycles. The molecule has 1 aromatic rings. The van der Waals surface area contributed by atoms with E-state index in [2.05, 4.69) is 16.8 Å². The zero-order chi connectivity index (χ0) is 13.7. The van der Waals surface area contributed by atoms with E-state index in [1.165, 1.54) is 0 Å². The SMILES string of the molecule is CCCOC1CCCN(Cc2nc(N)ccc2Cl)C1. The Morgan fingerprint density at radius 3 is 3.16 bits per heavy atom. The van der Waals surface area contributed by atoms with Gasteiger partial charge in [0, 0.05) is 19.7 Å². The number of halogens is 1. The van der Waals surface area contributed by atoms with Gasteiger partial charge in [-0.2, -0.15) is 0 Å². The summed E-state index contributed by atoms with van der Waals surface area (Å²) in [5.74, 6) is 0.523. The minimum atomic E-state index is 0.341. The van der Waals surface area contributed by atoms with E-state index in [1.807, 2.05) is 6.07 Å². The van der Waals surface area contributed by atoms with Crippen molar-refractivity contribution in [2.75, 3.05) is 25.4 Å². The van der Waals surface area contributed by atoms with Gasteiger partial charge in [0.05, 0.1) is 16.8 Å². The Morgan fingerprint density at radius 2 is 2.37 bits per heavy atom. The zero-order valence-electron chi connectivity index (χ0n) is 11.4. The van der Waals surface area contributed by atoms with Gasteiger partial charge >= 0.3 is 0 Å². The summed E-state index contributed by atoms with van der Waals surface area (Å²) in [5.41, 5.74) is 6.57. The fourth-order valence-electron chi connectivity index (χ4n) is 2.40. The van der Waals surface area contributed by atoms with Gasteiger partial charge in [-0.05, 0) is 37.9 Å². The fraction of sp³-hybridized carbons (Fsp3) is 0.643. The summed E-state index contributed by atoms with van der Waals surface area (Å²) >= 11 is 6.16. The lowest BCUT2D eigenvalue weighted by Gasteiger charge is -2.32. The highest BCUT2D eigenvalue weighted by Crippen LogP contribution is 2.20. The Kier molecular flexibility index (Phi) is 5.43. The monoisotopic (exact) mass is 283 g/mol. The first-order valence-corrected chi connectivity index (χ1v) is 7.31. The van der Waals surface area contributed by atoms with Crippen molar-refractivity contribution in [2.24, 2.45) is 0 Å². The number of rotatable bonds is 5. The number of piperidine rings is 1. The maximum atomic E-state index is 6.16. The fourth-order valence-corrected chi connectivity index (χ4v) is 2.57. The van der Waals surface area contributed by atoms with Crippen LogP contribution in [0.2, 0.25) is 5.02 Å². The Morgan fingerprint density at radius 1 is 1.53 bits per heavy atom. The second-order valence-corrected chi connectivity index (χ2v) is 5.44. The Labute approximate surface area is 119 Å². The third-order valence-corrected chi connectivity index (χ3v) is 3.68. The van der Waals surface area contributed by atoms with Gasteiger partial charge < -0.3 is 10.5 Å². The Balaban J connectivity index is 1.93. The molecule has 5 heteroatoms. The van der Waals surface area contributed by atoms with E-state index in [9.17, 15) is 0 Å². The van der Waals surface area contributed by atoms with Crippen molar-refractivity contribution in [3.63, 3.8) is 0 Å². The van der Waals surface area contributed by atoms with E-state index in [0.29, 0.717) is 16.9 Å². The highest BCUT2D eigenvalue weighted by atomic mass is 35.5. The van der Waals surface area contributed by atoms with Crippen LogP contribution in [-0.4, -0.2) is 35.7 Å². The largest absolute Gasteiger partial charge is 0.384 e. The number of anilines is 1. The van der Waals surface area contributed by atoms with Gasteiger partial charge in [-0.25, -0.2) is 4.98 Å². The van der Waals surface area contributed by atoms with Gasteiger partial charge in [-0.1, -0.05) is 18.5 Å². The maximum Gasteiger partial charge on any atom is 0.123 e. The molecule has 0 amide bonds. The van der Waals surface area contributed by atoms with Crippen LogP contribution in [0.25, 0.3) is 0 Å². The van der Waals surface area contributed by atoms with E-state index in [1.54, 1.807) is 6.07 Å². The normalized spacial score (nSPS) is 20.6. The Bertz CT molecular complexity index is 414. The summed E-state index contributed by atoms with van der Waals surface area (Å²) in [5, 5.41) is 0.686. The van der Waals surface area contributed by atoms with E-state index >= 15 is 0 Å². The van der Waals surface area contributed by atoms with Gasteiger partial charge in [0.2, 0.25) is 0 Å². The van der Waals surface area contributed by atoms with Crippen molar-refractivity contribution in [1.82, 2.24) is 9.88 Å². The third kappa shape index (κ3) is 4.34. The smallest absolute Gasteiger partial charge is 0.123 e. The molecule has 0 radical (unpaired) electrons. The topological polar surface area (TPSA) is 51.4 Å². The molecule has 1 aliphatic heterocycles. The number of hydrogen-bond donors (Lipinski definition) is 1. The van der Waals surface area contributed by atoms with Crippen LogP contribution in [0.3, 0.4) is 0 Å². The van der Waals surface area contributed by atoms with Crippen LogP contribution in [0.15, 0.2) is 12.1 Å². The molecule has 2 heterocycles. The summed E-state index contributed by atoms with van der Waals surface area (Å²) in [6, 6.07) is 3.55. The lowest BCUT2D eigenvalue weighted by Crippen LogP contribution is -2.39. The molecular formula is C14H22ClN3O. The summed E-state index contributed by atoms with van der Waals surface area (Å²) in [4.78, 5) is 6.66. The molecule has 0 bridgehead atoms. The van der Waals surface area contributed by atoms with Crippen LogP contribution in [0.1, 0.15) is 31.9 Å². The first kappa shape index (κ1) is 14.6. The number of ether oxygens (including phenoxy) is 1. The standard InChI is InChI=1S/C14H22ClN3O/c1-2-8-19-11-4-3-7-18(9-11)10-13-12(15)5-6-14(16)17-13/h5-6,11H,2-4,7-10H2,1H3,(H2,16,17). The van der Waals surface area contributed by atoms with E-state index < -0.39 is 0 Å². The van der Waals surface area contributed by atoms with Crippen molar-refractivity contribution in [3.05, 3.63) is 22.8 Å². The number of nitrogens with two attached hydrogens (primary N) is 1. The molecule has 106 valence electrons. The molecule has 1 atom stereocenters. The summed E-state index contributed by atoms with van der Waals surface area (Å²) < 4.78 is 5.83. The molecule has 0 aliphatic carbocycles. The maximum absolute atomic E-state index is 6.16. The van der Waals surface area contributed by atoms with Crippen LogP contribution in [0.5, 0.6) is 0 Å². The molecule has 0 saturated carbocycles. The molecule has 2 rings (SSSR count). The second kappa shape index (κ2) is 7.08.